The van der Waals surface area contributed by atoms with Gasteiger partial charge in [0.25, 0.3) is 0 Å². The van der Waals surface area contributed by atoms with Crippen LogP contribution >= 0.6 is 0 Å². The third-order valence-corrected chi connectivity index (χ3v) is 11.4. The lowest BCUT2D eigenvalue weighted by Crippen LogP contribution is -2.12. The molecule has 8 rings (SSSR count). The van der Waals surface area contributed by atoms with E-state index >= 15 is 0 Å². The van der Waals surface area contributed by atoms with Crippen LogP contribution < -0.4 is 4.90 Å². The first-order valence-electron chi connectivity index (χ1n) is 21.0. The number of benzene rings is 7. The Morgan fingerprint density at radius 3 is 1.08 bits per heavy atom. The largest absolute Gasteiger partial charge is 0.310 e. The molecular formula is C58H53N. The highest BCUT2D eigenvalue weighted by Gasteiger charge is 2.16. The number of hydrogen-bond donors (Lipinski definition) is 0. The second-order valence-electron chi connectivity index (χ2n) is 16.0. The molecule has 0 N–H and O–H groups in total. The summed E-state index contributed by atoms with van der Waals surface area (Å²) in [7, 11) is 0. The average molecular weight is 764 g/mol. The summed E-state index contributed by atoms with van der Waals surface area (Å²) >= 11 is 0. The molecule has 290 valence electrons. The minimum absolute atomic E-state index is 1.14. The Balaban J connectivity index is 1.08. The van der Waals surface area contributed by atoms with Crippen LogP contribution in [-0.2, 0) is 12.8 Å². The summed E-state index contributed by atoms with van der Waals surface area (Å²) in [6, 6.07) is 60.2. The number of rotatable bonds is 11. The average Bonchev–Trinajstić information content (AvgIpc) is 3.27. The molecule has 0 unspecified atom stereocenters. The summed E-state index contributed by atoms with van der Waals surface area (Å²) in [4.78, 5) is 2.40. The van der Waals surface area contributed by atoms with Gasteiger partial charge >= 0.3 is 0 Å². The van der Waals surface area contributed by atoms with Crippen molar-refractivity contribution < 1.29 is 0 Å². The van der Waals surface area contributed by atoms with Crippen molar-refractivity contribution in [3.8, 4) is 0 Å². The van der Waals surface area contributed by atoms with E-state index in [1.807, 2.05) is 0 Å². The van der Waals surface area contributed by atoms with Gasteiger partial charge in [-0.1, -0.05) is 186 Å². The zero-order chi connectivity index (χ0) is 40.6. The van der Waals surface area contributed by atoms with Crippen LogP contribution in [0.1, 0.15) is 79.6 Å². The number of fused-ring (bicyclic) bond motifs is 1. The number of hydrogen-bond acceptors (Lipinski definition) is 1. The molecule has 7 aromatic rings. The van der Waals surface area contributed by atoms with Gasteiger partial charge in [-0.05, 0) is 145 Å². The smallest absolute Gasteiger partial charge is 0.0464 e. The van der Waals surface area contributed by atoms with E-state index in [2.05, 4.69) is 233 Å². The highest BCUT2D eigenvalue weighted by Crippen LogP contribution is 2.37. The summed E-state index contributed by atoms with van der Waals surface area (Å²) in [5, 5.41) is 0. The standard InChI is InChI=1S/C58H53N/c1-42-15-27-49(28-16-42)57(50-29-17-43(2)18-30-50)13-7-9-46-23-36-54(37-24-46)59(56-40-35-48-11-5-6-12-53(48)41-56)55-38-25-47(26-39-55)10-8-14-58(51-31-19-44(3)20-32-51)52-33-21-45(4)22-34-52/h7-10,13-41H,5-6,11-12H2,1-4H3. The lowest BCUT2D eigenvalue weighted by atomic mass is 9.91. The predicted molar refractivity (Wildman–Crippen MR) is 255 cm³/mol. The molecule has 0 radical (unpaired) electrons. The Kier molecular flexibility index (Phi) is 12.1. The van der Waals surface area contributed by atoms with Crippen LogP contribution in [0.15, 0.2) is 188 Å². The fourth-order valence-corrected chi connectivity index (χ4v) is 7.94. The van der Waals surface area contributed by atoms with Crippen LogP contribution in [0.3, 0.4) is 0 Å². The van der Waals surface area contributed by atoms with E-state index in [1.165, 1.54) is 91.7 Å². The van der Waals surface area contributed by atoms with Crippen LogP contribution in [0.2, 0.25) is 0 Å². The Morgan fingerprint density at radius 2 is 0.712 bits per heavy atom. The Bertz CT molecular complexity index is 2360. The van der Waals surface area contributed by atoms with Crippen molar-refractivity contribution in [3.05, 3.63) is 255 Å². The quantitative estimate of drug-likeness (QED) is 0.119. The molecule has 0 spiro atoms. The summed E-state index contributed by atoms with van der Waals surface area (Å²) in [5.74, 6) is 0. The zero-order valence-electron chi connectivity index (χ0n) is 34.8. The van der Waals surface area contributed by atoms with Crippen LogP contribution in [0.5, 0.6) is 0 Å². The molecule has 0 bridgehead atoms. The van der Waals surface area contributed by atoms with Crippen LogP contribution in [0, 0.1) is 27.7 Å². The second kappa shape index (κ2) is 18.3. The normalized spacial score (nSPS) is 12.3. The lowest BCUT2D eigenvalue weighted by Gasteiger charge is -2.27. The number of aryl methyl sites for hydroxylation is 6. The third kappa shape index (κ3) is 9.71. The molecule has 0 saturated carbocycles. The van der Waals surface area contributed by atoms with E-state index in [0.717, 1.165) is 28.9 Å². The van der Waals surface area contributed by atoms with Crippen molar-refractivity contribution in [2.45, 2.75) is 53.4 Å². The maximum atomic E-state index is 2.42. The summed E-state index contributed by atoms with van der Waals surface area (Å²) in [6.07, 6.45) is 18.1. The Labute approximate surface area is 352 Å². The minimum atomic E-state index is 1.14. The van der Waals surface area contributed by atoms with E-state index in [1.54, 1.807) is 0 Å². The summed E-state index contributed by atoms with van der Waals surface area (Å²) in [6.45, 7) is 8.54. The fourth-order valence-electron chi connectivity index (χ4n) is 7.94. The van der Waals surface area contributed by atoms with Crippen LogP contribution in [0.25, 0.3) is 23.3 Å². The van der Waals surface area contributed by atoms with E-state index in [0.29, 0.717) is 0 Å². The van der Waals surface area contributed by atoms with Crippen molar-refractivity contribution in [3.63, 3.8) is 0 Å². The molecule has 0 aliphatic heterocycles. The maximum Gasteiger partial charge on any atom is 0.0464 e. The molecular weight excluding hydrogens is 711 g/mol. The van der Waals surface area contributed by atoms with Crippen molar-refractivity contribution in [2.24, 2.45) is 0 Å². The third-order valence-electron chi connectivity index (χ3n) is 11.4. The van der Waals surface area contributed by atoms with Gasteiger partial charge in [-0.3, -0.25) is 0 Å². The molecule has 1 aliphatic carbocycles. The van der Waals surface area contributed by atoms with E-state index in [4.69, 9.17) is 0 Å². The molecule has 1 nitrogen and oxygen atoms in total. The van der Waals surface area contributed by atoms with Gasteiger partial charge in [0, 0.05) is 17.1 Å². The van der Waals surface area contributed by atoms with Gasteiger partial charge in [0.1, 0.15) is 0 Å². The van der Waals surface area contributed by atoms with Gasteiger partial charge in [0.05, 0.1) is 0 Å². The number of allylic oxidation sites excluding steroid dienone is 4. The topological polar surface area (TPSA) is 3.24 Å². The van der Waals surface area contributed by atoms with Crippen molar-refractivity contribution in [1.29, 1.82) is 0 Å². The predicted octanol–water partition coefficient (Wildman–Crippen LogP) is 15.6. The van der Waals surface area contributed by atoms with Gasteiger partial charge in [0.15, 0.2) is 0 Å². The molecule has 59 heavy (non-hydrogen) atoms. The molecule has 1 aliphatic rings. The molecule has 0 fully saturated rings. The zero-order valence-corrected chi connectivity index (χ0v) is 34.8. The molecule has 0 atom stereocenters. The van der Waals surface area contributed by atoms with Gasteiger partial charge in [-0.2, -0.15) is 0 Å². The van der Waals surface area contributed by atoms with Crippen molar-refractivity contribution in [2.75, 3.05) is 4.90 Å². The van der Waals surface area contributed by atoms with Crippen LogP contribution in [0.4, 0.5) is 17.1 Å². The SMILES string of the molecule is Cc1ccc(C(=CC=Cc2ccc(N(c3ccc(C=CC=C(c4ccc(C)cc4)c4ccc(C)cc4)cc3)c3ccc4c(c3)CCCC4)cc2)c2ccc(C)cc2)cc1. The summed E-state index contributed by atoms with van der Waals surface area (Å²) in [5.41, 5.74) is 21.1. The first-order chi connectivity index (χ1) is 28.9. The monoisotopic (exact) mass is 763 g/mol. The van der Waals surface area contributed by atoms with Gasteiger partial charge in [-0.25, -0.2) is 0 Å². The molecule has 0 aromatic heterocycles. The molecule has 1 heteroatoms. The second-order valence-corrected chi connectivity index (χ2v) is 16.0. The van der Waals surface area contributed by atoms with Gasteiger partial charge < -0.3 is 4.90 Å². The Morgan fingerprint density at radius 1 is 0.373 bits per heavy atom. The van der Waals surface area contributed by atoms with Crippen molar-refractivity contribution in [1.82, 2.24) is 0 Å². The van der Waals surface area contributed by atoms with E-state index in [9.17, 15) is 0 Å². The van der Waals surface area contributed by atoms with Gasteiger partial charge in [0.2, 0.25) is 0 Å². The van der Waals surface area contributed by atoms with E-state index < -0.39 is 0 Å². The fraction of sp³-hybridized carbons (Fsp3) is 0.138. The molecule has 0 heterocycles. The first-order valence-corrected chi connectivity index (χ1v) is 21.0. The molecule has 0 saturated heterocycles. The van der Waals surface area contributed by atoms with E-state index in [-0.39, 0.29) is 0 Å². The van der Waals surface area contributed by atoms with Crippen LogP contribution in [-0.4, -0.2) is 0 Å². The Hall–Kier alpha value is -6.70. The van der Waals surface area contributed by atoms with Gasteiger partial charge in [-0.15, -0.1) is 0 Å². The number of nitrogens with zero attached hydrogens (tertiary/aromatic N) is 1. The molecule has 0 amide bonds. The highest BCUT2D eigenvalue weighted by atomic mass is 15.1. The minimum Gasteiger partial charge on any atom is -0.310 e. The molecule has 7 aromatic carbocycles. The first kappa shape index (κ1) is 39.1. The number of anilines is 3. The highest BCUT2D eigenvalue weighted by molar-refractivity contribution is 5.83. The van der Waals surface area contributed by atoms with Crippen molar-refractivity contribution >= 4 is 40.4 Å². The summed E-state index contributed by atoms with van der Waals surface area (Å²) < 4.78 is 0. The maximum absolute atomic E-state index is 2.42. The lowest BCUT2D eigenvalue weighted by molar-refractivity contribution is 0.685.